The molecule has 0 spiro atoms. The second-order valence-corrected chi connectivity index (χ2v) is 7.63. The Bertz CT molecular complexity index is 1170. The summed E-state index contributed by atoms with van der Waals surface area (Å²) in [5, 5.41) is 0. The molecule has 158 valence electrons. The summed E-state index contributed by atoms with van der Waals surface area (Å²) in [6.07, 6.45) is 2.98. The fourth-order valence-corrected chi connectivity index (χ4v) is 3.83. The first-order chi connectivity index (χ1) is 15.2. The predicted molar refractivity (Wildman–Crippen MR) is 122 cm³/mol. The van der Waals surface area contributed by atoms with Crippen LogP contribution in [-0.4, -0.2) is 26.9 Å². The summed E-state index contributed by atoms with van der Waals surface area (Å²) in [7, 11) is 0. The van der Waals surface area contributed by atoms with Gasteiger partial charge >= 0.3 is 0 Å². The van der Waals surface area contributed by atoms with E-state index in [4.69, 9.17) is 4.98 Å². The molecule has 4 aromatic rings. The lowest BCUT2D eigenvalue weighted by atomic mass is 10.1. The fourth-order valence-electron chi connectivity index (χ4n) is 3.83. The maximum atomic E-state index is 13.8. The molecular weight excluding hydrogens is 389 g/mol. The number of carbonyl (C=O) groups is 1. The molecule has 31 heavy (non-hydrogen) atoms. The minimum Gasteiger partial charge on any atom is -0.331 e. The van der Waals surface area contributed by atoms with Gasteiger partial charge in [-0.2, -0.15) is 0 Å². The summed E-state index contributed by atoms with van der Waals surface area (Å²) in [5.74, 6) is 0.201. The second kappa shape index (κ2) is 9.56. The van der Waals surface area contributed by atoms with E-state index in [1.165, 1.54) is 12.1 Å². The van der Waals surface area contributed by atoms with Gasteiger partial charge in [-0.25, -0.2) is 9.37 Å². The molecule has 0 unspecified atom stereocenters. The van der Waals surface area contributed by atoms with Gasteiger partial charge in [0.2, 0.25) is 0 Å². The standard InChI is InChI=1S/C26H26FN3O/c1-2-3-9-17-29(26(31)20-11-10-12-21(27)18-20)19-25-28-23-15-7-8-16-24(23)30(25)22-13-5-4-6-14-22/h4-8,10-16,18H,2-3,9,17,19H2,1H3. The molecule has 0 aliphatic carbocycles. The minimum atomic E-state index is -0.407. The van der Waals surface area contributed by atoms with E-state index in [1.807, 2.05) is 54.6 Å². The zero-order chi connectivity index (χ0) is 21.6. The molecule has 4 nitrogen and oxygen atoms in total. The minimum absolute atomic E-state index is 0.178. The summed E-state index contributed by atoms with van der Waals surface area (Å²) in [5.41, 5.74) is 3.24. The number of nitrogens with zero attached hydrogens (tertiary/aromatic N) is 3. The van der Waals surface area contributed by atoms with E-state index >= 15 is 0 Å². The Morgan fingerprint density at radius 3 is 2.52 bits per heavy atom. The number of imidazole rings is 1. The zero-order valence-corrected chi connectivity index (χ0v) is 17.7. The molecule has 0 saturated carbocycles. The van der Waals surface area contributed by atoms with Gasteiger partial charge in [-0.1, -0.05) is 56.2 Å². The Hall–Kier alpha value is -3.47. The summed E-state index contributed by atoms with van der Waals surface area (Å²) in [4.78, 5) is 19.9. The highest BCUT2D eigenvalue weighted by molar-refractivity contribution is 5.94. The van der Waals surface area contributed by atoms with E-state index in [0.717, 1.165) is 41.8 Å². The predicted octanol–water partition coefficient (Wildman–Crippen LogP) is 6.00. The van der Waals surface area contributed by atoms with Crippen molar-refractivity contribution in [2.75, 3.05) is 6.54 Å². The van der Waals surface area contributed by atoms with Crippen molar-refractivity contribution in [3.63, 3.8) is 0 Å². The Morgan fingerprint density at radius 2 is 1.74 bits per heavy atom. The van der Waals surface area contributed by atoms with Crippen LogP contribution in [0, 0.1) is 5.82 Å². The molecular formula is C26H26FN3O. The molecule has 0 atom stereocenters. The van der Waals surface area contributed by atoms with Crippen molar-refractivity contribution >= 4 is 16.9 Å². The first-order valence-electron chi connectivity index (χ1n) is 10.7. The van der Waals surface area contributed by atoms with Crippen molar-refractivity contribution in [2.24, 2.45) is 0 Å². The molecule has 0 radical (unpaired) electrons. The maximum Gasteiger partial charge on any atom is 0.254 e. The van der Waals surface area contributed by atoms with Gasteiger partial charge in [-0.15, -0.1) is 0 Å². The highest BCUT2D eigenvalue weighted by atomic mass is 19.1. The van der Waals surface area contributed by atoms with Crippen LogP contribution >= 0.6 is 0 Å². The number of halogens is 1. The third-order valence-corrected chi connectivity index (χ3v) is 5.37. The van der Waals surface area contributed by atoms with Crippen LogP contribution in [0.3, 0.4) is 0 Å². The van der Waals surface area contributed by atoms with Gasteiger partial charge in [0.25, 0.3) is 5.91 Å². The highest BCUT2D eigenvalue weighted by Gasteiger charge is 2.21. The number of fused-ring (bicyclic) bond motifs is 1. The van der Waals surface area contributed by atoms with E-state index in [2.05, 4.69) is 11.5 Å². The maximum absolute atomic E-state index is 13.8. The average molecular weight is 416 g/mol. The number of carbonyl (C=O) groups excluding carboxylic acids is 1. The number of aromatic nitrogens is 2. The Kier molecular flexibility index (Phi) is 6.41. The number of hydrogen-bond acceptors (Lipinski definition) is 2. The van der Waals surface area contributed by atoms with Crippen LogP contribution in [-0.2, 0) is 6.54 Å². The van der Waals surface area contributed by atoms with Crippen LogP contribution in [0.25, 0.3) is 16.7 Å². The number of hydrogen-bond donors (Lipinski definition) is 0. The van der Waals surface area contributed by atoms with Gasteiger partial charge in [0.05, 0.1) is 17.6 Å². The molecule has 0 fully saturated rings. The molecule has 1 amide bonds. The van der Waals surface area contributed by atoms with Crippen LogP contribution in [0.2, 0.25) is 0 Å². The van der Waals surface area contributed by atoms with Crippen molar-refractivity contribution in [2.45, 2.75) is 32.7 Å². The normalized spacial score (nSPS) is 11.0. The molecule has 3 aromatic carbocycles. The van der Waals surface area contributed by atoms with Crippen LogP contribution in [0.15, 0.2) is 78.9 Å². The molecule has 1 heterocycles. The van der Waals surface area contributed by atoms with E-state index < -0.39 is 5.82 Å². The summed E-state index contributed by atoms with van der Waals surface area (Å²) >= 11 is 0. The largest absolute Gasteiger partial charge is 0.331 e. The summed E-state index contributed by atoms with van der Waals surface area (Å²) in [6, 6.07) is 23.9. The third kappa shape index (κ3) is 4.66. The summed E-state index contributed by atoms with van der Waals surface area (Å²) in [6.45, 7) is 3.08. The quantitative estimate of drug-likeness (QED) is 0.331. The summed E-state index contributed by atoms with van der Waals surface area (Å²) < 4.78 is 15.9. The molecule has 0 aliphatic heterocycles. The van der Waals surface area contributed by atoms with Gasteiger partial charge in [0.15, 0.2) is 0 Å². The zero-order valence-electron chi connectivity index (χ0n) is 17.7. The monoisotopic (exact) mass is 415 g/mol. The topological polar surface area (TPSA) is 38.1 Å². The molecule has 0 N–H and O–H groups in total. The van der Waals surface area contributed by atoms with Crippen molar-refractivity contribution in [1.29, 1.82) is 0 Å². The van der Waals surface area contributed by atoms with E-state index in [0.29, 0.717) is 18.7 Å². The van der Waals surface area contributed by atoms with Gasteiger partial charge in [0, 0.05) is 17.8 Å². The third-order valence-electron chi connectivity index (χ3n) is 5.37. The van der Waals surface area contributed by atoms with Crippen molar-refractivity contribution < 1.29 is 9.18 Å². The van der Waals surface area contributed by atoms with Crippen molar-refractivity contribution in [1.82, 2.24) is 14.5 Å². The first kappa shape index (κ1) is 20.8. The molecule has 0 saturated heterocycles. The molecule has 0 bridgehead atoms. The molecule has 1 aromatic heterocycles. The number of amides is 1. The average Bonchev–Trinajstić information content (AvgIpc) is 3.16. The van der Waals surface area contributed by atoms with Crippen LogP contribution in [0.1, 0.15) is 42.4 Å². The highest BCUT2D eigenvalue weighted by Crippen LogP contribution is 2.23. The Balaban J connectivity index is 1.73. The molecule has 4 rings (SSSR count). The van der Waals surface area contributed by atoms with Crippen LogP contribution < -0.4 is 0 Å². The van der Waals surface area contributed by atoms with Gasteiger partial charge in [-0.05, 0) is 48.9 Å². The van der Waals surface area contributed by atoms with Crippen molar-refractivity contribution in [3.8, 4) is 5.69 Å². The van der Waals surface area contributed by atoms with E-state index in [9.17, 15) is 9.18 Å². The number of unbranched alkanes of at least 4 members (excludes halogenated alkanes) is 2. The molecule has 5 heteroatoms. The Morgan fingerprint density at radius 1 is 0.968 bits per heavy atom. The van der Waals surface area contributed by atoms with Crippen molar-refractivity contribution in [3.05, 3.63) is 96.1 Å². The van der Waals surface area contributed by atoms with Gasteiger partial charge < -0.3 is 4.90 Å². The number of rotatable bonds is 8. The fraction of sp³-hybridized carbons (Fsp3) is 0.231. The van der Waals surface area contributed by atoms with Crippen LogP contribution in [0.5, 0.6) is 0 Å². The lowest BCUT2D eigenvalue weighted by Crippen LogP contribution is -2.32. The lowest BCUT2D eigenvalue weighted by Gasteiger charge is -2.23. The second-order valence-electron chi connectivity index (χ2n) is 7.63. The number of benzene rings is 3. The van der Waals surface area contributed by atoms with E-state index in [-0.39, 0.29) is 5.91 Å². The van der Waals surface area contributed by atoms with Crippen LogP contribution in [0.4, 0.5) is 4.39 Å². The smallest absolute Gasteiger partial charge is 0.254 e. The SMILES string of the molecule is CCCCCN(Cc1nc2ccccc2n1-c1ccccc1)C(=O)c1cccc(F)c1. The first-order valence-corrected chi connectivity index (χ1v) is 10.7. The van der Waals surface area contributed by atoms with Gasteiger partial charge in [-0.3, -0.25) is 9.36 Å². The Labute approximate surface area is 182 Å². The number of para-hydroxylation sites is 3. The lowest BCUT2D eigenvalue weighted by molar-refractivity contribution is 0.0734. The van der Waals surface area contributed by atoms with Gasteiger partial charge in [0.1, 0.15) is 11.6 Å². The van der Waals surface area contributed by atoms with E-state index in [1.54, 1.807) is 17.0 Å². The molecule has 0 aliphatic rings.